The number of fused-ring (bicyclic) bond motifs is 9. The van der Waals surface area contributed by atoms with Gasteiger partial charge in [-0.1, -0.05) is 170 Å². The molecule has 0 saturated carbocycles. The van der Waals surface area contributed by atoms with Gasteiger partial charge in [0.15, 0.2) is 5.58 Å². The number of para-hydroxylation sites is 5. The van der Waals surface area contributed by atoms with E-state index in [-0.39, 0.29) is 0 Å². The Morgan fingerprint density at radius 1 is 0.359 bits per heavy atom. The third-order valence-electron chi connectivity index (χ3n) is 13.5. The molecule has 0 bridgehead atoms. The first-order valence-electron chi connectivity index (χ1n) is 22.0. The number of rotatable bonds is 7. The van der Waals surface area contributed by atoms with Crippen molar-refractivity contribution < 1.29 is 4.42 Å². The minimum atomic E-state index is -0.594. The van der Waals surface area contributed by atoms with Crippen LogP contribution in [0.25, 0.3) is 71.7 Å². The SMILES string of the molecule is c1ccc(N(c2ccccc2)c2ccc3c(c2)C(c2ccccc2)(c2ccccc2)c2cc(-c4ccc5c(c4)c4ccccc4n5-c4cccc5c4oc4ccccc45)ccc2-3)cc1. The van der Waals surface area contributed by atoms with Crippen LogP contribution in [0, 0.1) is 0 Å². The lowest BCUT2D eigenvalue weighted by Gasteiger charge is -2.35. The molecule has 1 aliphatic rings. The van der Waals surface area contributed by atoms with Crippen LogP contribution in [0.1, 0.15) is 22.3 Å². The summed E-state index contributed by atoms with van der Waals surface area (Å²) in [6.07, 6.45) is 0. The summed E-state index contributed by atoms with van der Waals surface area (Å²) in [5, 5.41) is 4.66. The molecule has 0 aliphatic heterocycles. The van der Waals surface area contributed by atoms with E-state index < -0.39 is 5.41 Å². The van der Waals surface area contributed by atoms with Crippen LogP contribution >= 0.6 is 0 Å². The van der Waals surface area contributed by atoms with Crippen LogP contribution in [0.2, 0.25) is 0 Å². The van der Waals surface area contributed by atoms with Gasteiger partial charge >= 0.3 is 0 Å². The average molecular weight is 817 g/mol. The summed E-state index contributed by atoms with van der Waals surface area (Å²) < 4.78 is 8.98. The molecule has 0 saturated heterocycles. The van der Waals surface area contributed by atoms with Gasteiger partial charge in [-0.3, -0.25) is 0 Å². The van der Waals surface area contributed by atoms with E-state index in [1.165, 1.54) is 55.3 Å². The molecule has 0 atom stereocenters. The zero-order valence-electron chi connectivity index (χ0n) is 34.9. The maximum atomic E-state index is 6.60. The number of aromatic nitrogens is 1. The van der Waals surface area contributed by atoms with Gasteiger partial charge in [0.2, 0.25) is 0 Å². The highest BCUT2D eigenvalue weighted by molar-refractivity contribution is 6.13. The zero-order valence-corrected chi connectivity index (χ0v) is 34.9. The van der Waals surface area contributed by atoms with Crippen LogP contribution in [0.15, 0.2) is 247 Å². The van der Waals surface area contributed by atoms with Crippen molar-refractivity contribution in [2.45, 2.75) is 5.41 Å². The second-order valence-electron chi connectivity index (χ2n) is 16.8. The van der Waals surface area contributed by atoms with E-state index >= 15 is 0 Å². The summed E-state index contributed by atoms with van der Waals surface area (Å²) in [6.45, 7) is 0. The number of anilines is 3. The first-order chi connectivity index (χ1) is 31.8. The molecule has 0 N–H and O–H groups in total. The van der Waals surface area contributed by atoms with Gasteiger partial charge in [0.1, 0.15) is 5.58 Å². The van der Waals surface area contributed by atoms with Crippen LogP contribution < -0.4 is 4.90 Å². The second-order valence-corrected chi connectivity index (χ2v) is 16.8. The molecule has 0 spiro atoms. The van der Waals surface area contributed by atoms with E-state index in [9.17, 15) is 0 Å². The predicted octanol–water partition coefficient (Wildman–Crippen LogP) is 16.2. The maximum absolute atomic E-state index is 6.60. The van der Waals surface area contributed by atoms with Gasteiger partial charge in [0.05, 0.1) is 22.1 Å². The fraction of sp³-hybridized carbons (Fsp3) is 0.0164. The molecular formula is C61H40N2O. The van der Waals surface area contributed by atoms with Crippen LogP contribution in [-0.4, -0.2) is 4.57 Å². The predicted molar refractivity (Wildman–Crippen MR) is 265 cm³/mol. The molecule has 12 aromatic rings. The van der Waals surface area contributed by atoms with E-state index in [1.807, 2.05) is 6.07 Å². The Morgan fingerprint density at radius 3 is 1.59 bits per heavy atom. The van der Waals surface area contributed by atoms with Crippen molar-refractivity contribution >= 4 is 60.8 Å². The van der Waals surface area contributed by atoms with Gasteiger partial charge in [0, 0.05) is 38.6 Å². The van der Waals surface area contributed by atoms with Gasteiger partial charge < -0.3 is 13.9 Å². The van der Waals surface area contributed by atoms with Gasteiger partial charge in [-0.2, -0.15) is 0 Å². The molecule has 64 heavy (non-hydrogen) atoms. The summed E-state index contributed by atoms with van der Waals surface area (Å²) in [7, 11) is 0. The van der Waals surface area contributed by atoms with Crippen LogP contribution in [-0.2, 0) is 5.41 Å². The smallest absolute Gasteiger partial charge is 0.159 e. The Kier molecular flexibility index (Phi) is 8.13. The second kappa shape index (κ2) is 14.3. The van der Waals surface area contributed by atoms with E-state index in [1.54, 1.807) is 0 Å². The van der Waals surface area contributed by atoms with Crippen molar-refractivity contribution in [2.24, 2.45) is 0 Å². The van der Waals surface area contributed by atoms with E-state index in [2.05, 4.69) is 246 Å². The van der Waals surface area contributed by atoms with Gasteiger partial charge in [-0.25, -0.2) is 0 Å². The molecule has 0 radical (unpaired) electrons. The highest BCUT2D eigenvalue weighted by Gasteiger charge is 2.46. The fourth-order valence-corrected chi connectivity index (χ4v) is 10.7. The van der Waals surface area contributed by atoms with Crippen molar-refractivity contribution in [1.82, 2.24) is 4.57 Å². The Bertz CT molecular complexity index is 3640. The minimum Gasteiger partial charge on any atom is -0.454 e. The van der Waals surface area contributed by atoms with E-state index in [0.717, 1.165) is 55.7 Å². The Morgan fingerprint density at radius 2 is 0.891 bits per heavy atom. The summed E-state index contributed by atoms with van der Waals surface area (Å²) in [6, 6.07) is 88.3. The lowest BCUT2D eigenvalue weighted by Crippen LogP contribution is -2.28. The Labute approximate surface area is 371 Å². The van der Waals surface area contributed by atoms with Gasteiger partial charge in [0.25, 0.3) is 0 Å². The number of nitrogens with zero attached hydrogens (tertiary/aromatic N) is 2. The normalized spacial score (nSPS) is 12.8. The Hall–Kier alpha value is -8.40. The standard InChI is InChI=1S/C61H40N2O/c1-5-18-43(19-6-1)61(44-20-7-2-8-21-44)54-39-42(32-35-48(54)49-36-34-47(40-55(49)61)62(45-22-9-3-10-23-45)46-24-11-4-12-25-46)41-33-37-57-53(38-41)50-26-13-15-29-56(50)63(57)58-30-17-28-52-51-27-14-16-31-59(51)64-60(52)58/h1-40H. The monoisotopic (exact) mass is 816 g/mol. The molecule has 0 unspecified atom stereocenters. The highest BCUT2D eigenvalue weighted by atomic mass is 16.3. The summed E-state index contributed by atoms with van der Waals surface area (Å²) >= 11 is 0. The summed E-state index contributed by atoms with van der Waals surface area (Å²) in [4.78, 5) is 2.37. The largest absolute Gasteiger partial charge is 0.454 e. The molecular weight excluding hydrogens is 777 g/mol. The Balaban J connectivity index is 1.03. The minimum absolute atomic E-state index is 0.594. The van der Waals surface area contributed by atoms with E-state index in [4.69, 9.17) is 4.42 Å². The quantitative estimate of drug-likeness (QED) is 0.160. The highest BCUT2D eigenvalue weighted by Crippen LogP contribution is 2.58. The molecule has 2 heterocycles. The lowest BCUT2D eigenvalue weighted by atomic mass is 9.67. The number of furan rings is 1. The van der Waals surface area contributed by atoms with Crippen molar-refractivity contribution in [3.63, 3.8) is 0 Å². The zero-order chi connectivity index (χ0) is 42.2. The van der Waals surface area contributed by atoms with Gasteiger partial charge in [-0.15, -0.1) is 0 Å². The van der Waals surface area contributed by atoms with Crippen LogP contribution in [0.5, 0.6) is 0 Å². The molecule has 3 heteroatoms. The molecule has 300 valence electrons. The molecule has 0 fully saturated rings. The lowest BCUT2D eigenvalue weighted by molar-refractivity contribution is 0.666. The molecule has 2 aromatic heterocycles. The average Bonchev–Trinajstić information content (AvgIpc) is 4.01. The van der Waals surface area contributed by atoms with Crippen molar-refractivity contribution in [2.75, 3.05) is 4.90 Å². The summed E-state index contributed by atoms with van der Waals surface area (Å²) in [5.74, 6) is 0. The van der Waals surface area contributed by atoms with E-state index in [0.29, 0.717) is 0 Å². The third kappa shape index (κ3) is 5.34. The molecule has 3 nitrogen and oxygen atoms in total. The van der Waals surface area contributed by atoms with Crippen molar-refractivity contribution in [1.29, 1.82) is 0 Å². The number of hydrogen-bond acceptors (Lipinski definition) is 2. The van der Waals surface area contributed by atoms with Crippen LogP contribution in [0.4, 0.5) is 17.1 Å². The molecule has 10 aromatic carbocycles. The molecule has 0 amide bonds. The van der Waals surface area contributed by atoms with Gasteiger partial charge in [-0.05, 0) is 117 Å². The summed E-state index contributed by atoms with van der Waals surface area (Å²) in [5.41, 5.74) is 17.7. The molecule has 1 aliphatic carbocycles. The van der Waals surface area contributed by atoms with Crippen molar-refractivity contribution in [3.05, 3.63) is 265 Å². The molecule has 13 rings (SSSR count). The number of hydrogen-bond donors (Lipinski definition) is 0. The number of benzene rings is 10. The van der Waals surface area contributed by atoms with Crippen LogP contribution in [0.3, 0.4) is 0 Å². The van der Waals surface area contributed by atoms with Crippen molar-refractivity contribution in [3.8, 4) is 27.9 Å². The first kappa shape index (κ1) is 36.3. The topological polar surface area (TPSA) is 21.3 Å². The maximum Gasteiger partial charge on any atom is 0.159 e. The first-order valence-corrected chi connectivity index (χ1v) is 22.0. The fourth-order valence-electron chi connectivity index (χ4n) is 10.7. The third-order valence-corrected chi connectivity index (χ3v) is 13.5.